The van der Waals surface area contributed by atoms with Gasteiger partial charge in [0.2, 0.25) is 0 Å². The van der Waals surface area contributed by atoms with E-state index in [1.165, 1.54) is 32.3 Å². The van der Waals surface area contributed by atoms with Crippen molar-refractivity contribution in [2.45, 2.75) is 53.5 Å². The van der Waals surface area contributed by atoms with Crippen LogP contribution >= 0.6 is 11.3 Å². The summed E-state index contributed by atoms with van der Waals surface area (Å²) in [6.45, 7) is 11.9. The third-order valence-electron chi connectivity index (χ3n) is 3.98. The number of aryl methyl sites for hydroxylation is 4. The van der Waals surface area contributed by atoms with E-state index in [4.69, 9.17) is 4.98 Å². The molecule has 1 atom stereocenters. The van der Waals surface area contributed by atoms with E-state index in [9.17, 15) is 0 Å². The fourth-order valence-corrected chi connectivity index (χ4v) is 3.75. The summed E-state index contributed by atoms with van der Waals surface area (Å²) in [4.78, 5) is 6.06. The van der Waals surface area contributed by atoms with E-state index in [2.05, 4.69) is 58.1 Å². The van der Waals surface area contributed by atoms with Crippen molar-refractivity contribution in [2.24, 2.45) is 0 Å². The molecule has 3 heteroatoms. The average molecular weight is 302 g/mol. The van der Waals surface area contributed by atoms with Crippen LogP contribution in [0.4, 0.5) is 0 Å². The number of hydrogen-bond acceptors (Lipinski definition) is 3. The van der Waals surface area contributed by atoms with Gasteiger partial charge in [0.1, 0.15) is 0 Å². The topological polar surface area (TPSA) is 24.9 Å². The molecule has 0 amide bonds. The summed E-state index contributed by atoms with van der Waals surface area (Å²) >= 11 is 1.83. The lowest BCUT2D eigenvalue weighted by atomic mass is 9.94. The van der Waals surface area contributed by atoms with Crippen molar-refractivity contribution < 1.29 is 0 Å². The molecule has 2 nitrogen and oxygen atoms in total. The Morgan fingerprint density at radius 3 is 2.33 bits per heavy atom. The van der Waals surface area contributed by atoms with E-state index >= 15 is 0 Å². The minimum absolute atomic E-state index is 0.358. The monoisotopic (exact) mass is 302 g/mol. The highest BCUT2D eigenvalue weighted by atomic mass is 32.1. The van der Waals surface area contributed by atoms with Gasteiger partial charge in [-0.25, -0.2) is 4.98 Å². The van der Waals surface area contributed by atoms with Crippen LogP contribution in [0.15, 0.2) is 18.2 Å². The normalized spacial score (nSPS) is 12.6. The Morgan fingerprint density at radius 1 is 1.14 bits per heavy atom. The number of thiazole rings is 1. The molecule has 0 saturated heterocycles. The Balaban J connectivity index is 2.29. The third kappa shape index (κ3) is 3.92. The van der Waals surface area contributed by atoms with E-state index in [1.54, 1.807) is 0 Å². The quantitative estimate of drug-likeness (QED) is 0.839. The van der Waals surface area contributed by atoms with Crippen LogP contribution in [0.25, 0.3) is 0 Å². The molecule has 0 aliphatic rings. The van der Waals surface area contributed by atoms with Gasteiger partial charge in [-0.1, -0.05) is 25.1 Å². The van der Waals surface area contributed by atoms with Gasteiger partial charge in [-0.3, -0.25) is 0 Å². The van der Waals surface area contributed by atoms with Crippen LogP contribution in [0.1, 0.15) is 51.7 Å². The highest BCUT2D eigenvalue weighted by molar-refractivity contribution is 7.11. The molecule has 21 heavy (non-hydrogen) atoms. The van der Waals surface area contributed by atoms with E-state index < -0.39 is 0 Å². The van der Waals surface area contributed by atoms with Gasteiger partial charge in [-0.15, -0.1) is 11.3 Å². The Hall–Kier alpha value is -1.19. The molecule has 0 aliphatic carbocycles. The summed E-state index contributed by atoms with van der Waals surface area (Å²) in [5.41, 5.74) is 5.35. The van der Waals surface area contributed by atoms with Crippen LogP contribution in [0, 0.1) is 27.7 Å². The SMILES string of the molecule is CCCNC(Cc1nc(C)c(C)s1)c1c(C)cccc1C. The molecule has 0 radical (unpaired) electrons. The van der Waals surface area contributed by atoms with Gasteiger partial charge in [-0.05, 0) is 57.4 Å². The Labute approximate surface area is 132 Å². The molecule has 0 bridgehead atoms. The van der Waals surface area contributed by atoms with Crippen molar-refractivity contribution in [3.8, 4) is 0 Å². The molecule has 0 aliphatic heterocycles. The molecule has 114 valence electrons. The van der Waals surface area contributed by atoms with Gasteiger partial charge in [-0.2, -0.15) is 0 Å². The van der Waals surface area contributed by atoms with E-state index in [0.29, 0.717) is 6.04 Å². The molecule has 0 spiro atoms. The maximum Gasteiger partial charge on any atom is 0.0949 e. The van der Waals surface area contributed by atoms with Gasteiger partial charge in [0.05, 0.1) is 10.7 Å². The largest absolute Gasteiger partial charge is 0.310 e. The molecular formula is C18H26N2S. The highest BCUT2D eigenvalue weighted by Gasteiger charge is 2.18. The maximum absolute atomic E-state index is 4.72. The summed E-state index contributed by atoms with van der Waals surface area (Å²) in [6.07, 6.45) is 2.13. The Kier molecular flexibility index (Phi) is 5.54. The standard InChI is InChI=1S/C18H26N2S/c1-6-10-19-16(11-17-20-14(4)15(5)21-17)18-12(2)8-7-9-13(18)3/h7-9,16,19H,6,10-11H2,1-5H3. The highest BCUT2D eigenvalue weighted by Crippen LogP contribution is 2.27. The molecule has 1 aromatic heterocycles. The Morgan fingerprint density at radius 2 is 1.81 bits per heavy atom. The number of nitrogens with one attached hydrogen (secondary N) is 1. The molecule has 0 saturated carbocycles. The predicted octanol–water partition coefficient (Wildman–Crippen LogP) is 4.66. The van der Waals surface area contributed by atoms with Gasteiger partial charge in [0.25, 0.3) is 0 Å². The second-order valence-electron chi connectivity index (χ2n) is 5.77. The molecule has 2 aromatic rings. The lowest BCUT2D eigenvalue weighted by Gasteiger charge is -2.22. The first-order valence-electron chi connectivity index (χ1n) is 7.75. The van der Waals surface area contributed by atoms with Crippen molar-refractivity contribution in [1.82, 2.24) is 10.3 Å². The third-order valence-corrected chi connectivity index (χ3v) is 5.08. The lowest BCUT2D eigenvalue weighted by molar-refractivity contribution is 0.524. The Bertz CT molecular complexity index is 562. The minimum atomic E-state index is 0.358. The summed E-state index contributed by atoms with van der Waals surface area (Å²) in [7, 11) is 0. The summed E-state index contributed by atoms with van der Waals surface area (Å²) < 4.78 is 0. The second kappa shape index (κ2) is 7.19. The van der Waals surface area contributed by atoms with Crippen LogP contribution < -0.4 is 5.32 Å². The predicted molar refractivity (Wildman–Crippen MR) is 92.2 cm³/mol. The van der Waals surface area contributed by atoms with Crippen molar-refractivity contribution in [1.29, 1.82) is 0 Å². The van der Waals surface area contributed by atoms with Crippen molar-refractivity contribution in [3.63, 3.8) is 0 Å². The van der Waals surface area contributed by atoms with Gasteiger partial charge >= 0.3 is 0 Å². The zero-order chi connectivity index (χ0) is 15.4. The molecule has 2 rings (SSSR count). The van der Waals surface area contributed by atoms with Gasteiger partial charge in [0, 0.05) is 17.3 Å². The van der Waals surface area contributed by atoms with Crippen molar-refractivity contribution >= 4 is 11.3 Å². The summed E-state index contributed by atoms with van der Waals surface area (Å²) in [6, 6.07) is 6.92. The number of rotatable bonds is 6. The summed E-state index contributed by atoms with van der Waals surface area (Å²) in [5, 5.41) is 4.95. The average Bonchev–Trinajstić information content (AvgIpc) is 2.74. The lowest BCUT2D eigenvalue weighted by Crippen LogP contribution is -2.25. The van der Waals surface area contributed by atoms with Gasteiger partial charge < -0.3 is 5.32 Å². The van der Waals surface area contributed by atoms with Crippen molar-refractivity contribution in [2.75, 3.05) is 6.54 Å². The molecular weight excluding hydrogens is 276 g/mol. The number of hydrogen-bond donors (Lipinski definition) is 1. The molecule has 0 fully saturated rings. The van der Waals surface area contributed by atoms with Crippen molar-refractivity contribution in [3.05, 3.63) is 50.5 Å². The van der Waals surface area contributed by atoms with Crippen LogP contribution in [-0.2, 0) is 6.42 Å². The fourth-order valence-electron chi connectivity index (χ4n) is 2.77. The zero-order valence-electron chi connectivity index (χ0n) is 13.8. The maximum atomic E-state index is 4.72. The number of aromatic nitrogens is 1. The van der Waals surface area contributed by atoms with Gasteiger partial charge in [0.15, 0.2) is 0 Å². The second-order valence-corrected chi connectivity index (χ2v) is 7.05. The first-order chi connectivity index (χ1) is 10.0. The van der Waals surface area contributed by atoms with Crippen LogP contribution in [0.5, 0.6) is 0 Å². The minimum Gasteiger partial charge on any atom is -0.310 e. The molecule has 1 aromatic carbocycles. The zero-order valence-corrected chi connectivity index (χ0v) is 14.6. The summed E-state index contributed by atoms with van der Waals surface area (Å²) in [5.74, 6) is 0. The first-order valence-corrected chi connectivity index (χ1v) is 8.57. The number of benzene rings is 1. The van der Waals surface area contributed by atoms with Crippen LogP contribution in [-0.4, -0.2) is 11.5 Å². The smallest absolute Gasteiger partial charge is 0.0949 e. The van der Waals surface area contributed by atoms with E-state index in [-0.39, 0.29) is 0 Å². The molecule has 1 unspecified atom stereocenters. The van der Waals surface area contributed by atoms with Crippen LogP contribution in [0.2, 0.25) is 0 Å². The fraction of sp³-hybridized carbons (Fsp3) is 0.500. The first kappa shape index (κ1) is 16.2. The van der Waals surface area contributed by atoms with E-state index in [0.717, 1.165) is 19.4 Å². The molecule has 1 N–H and O–H groups in total. The number of nitrogens with zero attached hydrogens (tertiary/aromatic N) is 1. The van der Waals surface area contributed by atoms with E-state index in [1.807, 2.05) is 11.3 Å². The van der Waals surface area contributed by atoms with Crippen LogP contribution in [0.3, 0.4) is 0 Å². The molecule has 1 heterocycles.